The summed E-state index contributed by atoms with van der Waals surface area (Å²) in [6.07, 6.45) is 10.2. The summed E-state index contributed by atoms with van der Waals surface area (Å²) in [7, 11) is 0. The van der Waals surface area contributed by atoms with Crippen molar-refractivity contribution in [3.63, 3.8) is 0 Å². The first kappa shape index (κ1) is 15.0. The molecule has 1 aliphatic heterocycles. The van der Waals surface area contributed by atoms with E-state index in [9.17, 15) is 9.59 Å². The van der Waals surface area contributed by atoms with E-state index in [1.807, 2.05) is 0 Å². The van der Waals surface area contributed by atoms with E-state index in [0.717, 1.165) is 0 Å². The fourth-order valence-corrected chi connectivity index (χ4v) is 2.53. The third-order valence-corrected chi connectivity index (χ3v) is 3.82. The van der Waals surface area contributed by atoms with E-state index in [2.05, 4.69) is 31.5 Å². The molecule has 1 aliphatic rings. The number of nitrogens with one attached hydrogen (secondary N) is 2. The smallest absolute Gasteiger partial charge is 0.274 e. The number of carbonyl (C=O) groups is 1. The maximum Gasteiger partial charge on any atom is 0.274 e. The topological polar surface area (TPSA) is 104 Å². The van der Waals surface area contributed by atoms with Gasteiger partial charge in [0.05, 0.1) is 11.3 Å². The van der Waals surface area contributed by atoms with Gasteiger partial charge in [-0.3, -0.25) is 9.59 Å². The number of amides is 1. The molecule has 8 heteroatoms. The molecule has 0 saturated carbocycles. The highest BCUT2D eigenvalue weighted by Crippen LogP contribution is 2.36. The molecule has 3 rings (SSSR count). The number of nitrogens with zero attached hydrogens (tertiary/aromatic N) is 4. The summed E-state index contributed by atoms with van der Waals surface area (Å²) in [4.78, 5) is 26.9. The second-order valence-corrected chi connectivity index (χ2v) is 5.44. The lowest BCUT2D eigenvalue weighted by atomic mass is 10.0. The quantitative estimate of drug-likeness (QED) is 0.778. The highest BCUT2D eigenvalue weighted by Gasteiger charge is 2.38. The van der Waals surface area contributed by atoms with Crippen LogP contribution in [0.15, 0.2) is 27.4 Å². The number of hydrogen-bond donors (Lipinski definition) is 2. The highest BCUT2D eigenvalue weighted by molar-refractivity contribution is 6.01. The molecule has 23 heavy (non-hydrogen) atoms. The Labute approximate surface area is 132 Å². The van der Waals surface area contributed by atoms with Crippen LogP contribution in [0.4, 0.5) is 0 Å². The van der Waals surface area contributed by atoms with E-state index in [1.54, 1.807) is 13.1 Å². The zero-order valence-corrected chi connectivity index (χ0v) is 12.7. The summed E-state index contributed by atoms with van der Waals surface area (Å²) in [5.41, 5.74) is 0.241. The van der Waals surface area contributed by atoms with Crippen LogP contribution in [0.2, 0.25) is 0 Å². The number of H-pyrrole nitrogens is 1. The summed E-state index contributed by atoms with van der Waals surface area (Å²) in [5, 5.41) is 15.0. The molecule has 2 aromatic heterocycles. The minimum atomic E-state index is -0.437. The molecule has 0 spiro atoms. The number of fused-ring (bicyclic) bond motifs is 1. The van der Waals surface area contributed by atoms with Gasteiger partial charge in [-0.15, -0.1) is 12.3 Å². The van der Waals surface area contributed by atoms with Gasteiger partial charge in [0.2, 0.25) is 0 Å². The Kier molecular flexibility index (Phi) is 3.70. The number of rotatable bonds is 6. The van der Waals surface area contributed by atoms with E-state index >= 15 is 0 Å². The number of aromatic nitrogens is 3. The van der Waals surface area contributed by atoms with Crippen LogP contribution in [-0.4, -0.2) is 32.7 Å². The van der Waals surface area contributed by atoms with Crippen molar-refractivity contribution in [2.75, 3.05) is 6.54 Å². The lowest BCUT2D eigenvalue weighted by Crippen LogP contribution is -2.29. The molecular formula is C15H16N6O2. The predicted octanol–water partition coefficient (Wildman–Crippen LogP) is 1.03. The van der Waals surface area contributed by atoms with Crippen LogP contribution in [0.25, 0.3) is 5.52 Å². The minimum absolute atomic E-state index is 0.241. The highest BCUT2D eigenvalue weighted by atomic mass is 16.2. The van der Waals surface area contributed by atoms with E-state index in [-0.39, 0.29) is 22.5 Å². The molecule has 0 aromatic carbocycles. The lowest BCUT2D eigenvalue weighted by Gasteiger charge is -2.09. The van der Waals surface area contributed by atoms with Gasteiger partial charge in [0.25, 0.3) is 11.5 Å². The SMILES string of the molecule is C#CCCC1(CCNC(=O)c2c(C)nn3cc[nH]c(=O)c23)N=N1. The summed E-state index contributed by atoms with van der Waals surface area (Å²) in [6, 6.07) is 0. The van der Waals surface area contributed by atoms with Crippen molar-refractivity contribution in [3.05, 3.63) is 34.0 Å². The van der Waals surface area contributed by atoms with Gasteiger partial charge in [0, 0.05) is 38.2 Å². The molecular weight excluding hydrogens is 296 g/mol. The lowest BCUT2D eigenvalue weighted by molar-refractivity contribution is 0.0953. The molecule has 8 nitrogen and oxygen atoms in total. The largest absolute Gasteiger partial charge is 0.352 e. The average Bonchev–Trinajstić information content (AvgIpc) is 3.20. The maximum absolute atomic E-state index is 12.4. The molecule has 118 valence electrons. The van der Waals surface area contributed by atoms with Crippen LogP contribution < -0.4 is 10.9 Å². The number of aromatic amines is 1. The molecule has 2 aromatic rings. The first-order chi connectivity index (χ1) is 11.1. The molecule has 0 saturated heterocycles. The molecule has 1 amide bonds. The number of carbonyl (C=O) groups excluding carboxylic acids is 1. The van der Waals surface area contributed by atoms with E-state index < -0.39 is 5.66 Å². The van der Waals surface area contributed by atoms with Gasteiger partial charge >= 0.3 is 0 Å². The van der Waals surface area contributed by atoms with Crippen molar-refractivity contribution in [1.29, 1.82) is 0 Å². The number of terminal acetylenes is 1. The standard InChI is InChI=1S/C15H16N6O2/c1-3-4-5-15(19-20-15)6-7-16-13(22)11-10(2)18-21-9-8-17-14(23)12(11)21/h1,8-9H,4-7H2,2H3,(H,16,22)(H,17,23). The second-order valence-electron chi connectivity index (χ2n) is 5.44. The van der Waals surface area contributed by atoms with Crippen LogP contribution in [0.5, 0.6) is 0 Å². The Morgan fingerprint density at radius 2 is 2.26 bits per heavy atom. The molecule has 0 atom stereocenters. The zero-order chi connectivity index (χ0) is 16.4. The molecule has 0 bridgehead atoms. The predicted molar refractivity (Wildman–Crippen MR) is 83.2 cm³/mol. The van der Waals surface area contributed by atoms with Gasteiger partial charge in [0.15, 0.2) is 5.66 Å². The van der Waals surface area contributed by atoms with Crippen LogP contribution in [0, 0.1) is 19.3 Å². The minimum Gasteiger partial charge on any atom is -0.352 e. The van der Waals surface area contributed by atoms with Crippen LogP contribution in [0.3, 0.4) is 0 Å². The summed E-state index contributed by atoms with van der Waals surface area (Å²) in [6.45, 7) is 2.10. The number of hydrogen-bond acceptors (Lipinski definition) is 5. The fourth-order valence-electron chi connectivity index (χ4n) is 2.53. The van der Waals surface area contributed by atoms with Gasteiger partial charge in [-0.05, 0) is 6.92 Å². The average molecular weight is 312 g/mol. The normalized spacial score (nSPS) is 14.6. The Balaban J connectivity index is 1.69. The van der Waals surface area contributed by atoms with Crippen molar-refractivity contribution < 1.29 is 4.79 Å². The van der Waals surface area contributed by atoms with Crippen molar-refractivity contribution in [2.24, 2.45) is 10.2 Å². The van der Waals surface area contributed by atoms with Crippen molar-refractivity contribution in [2.45, 2.75) is 31.8 Å². The monoisotopic (exact) mass is 312 g/mol. The van der Waals surface area contributed by atoms with Gasteiger partial charge in [-0.2, -0.15) is 15.3 Å². The van der Waals surface area contributed by atoms with Crippen LogP contribution >= 0.6 is 0 Å². The van der Waals surface area contributed by atoms with Crippen molar-refractivity contribution >= 4 is 11.4 Å². The fraction of sp³-hybridized carbons (Fsp3) is 0.400. The van der Waals surface area contributed by atoms with E-state index in [0.29, 0.717) is 31.5 Å². The molecule has 0 radical (unpaired) electrons. The van der Waals surface area contributed by atoms with Gasteiger partial charge in [-0.25, -0.2) is 4.52 Å². The third kappa shape index (κ3) is 2.85. The molecule has 0 unspecified atom stereocenters. The van der Waals surface area contributed by atoms with E-state index in [1.165, 1.54) is 10.7 Å². The Morgan fingerprint density at radius 1 is 1.48 bits per heavy atom. The molecule has 3 heterocycles. The van der Waals surface area contributed by atoms with Crippen LogP contribution in [0.1, 0.15) is 35.3 Å². The van der Waals surface area contributed by atoms with Gasteiger partial charge in [0.1, 0.15) is 5.52 Å². The molecule has 0 fully saturated rings. The zero-order valence-electron chi connectivity index (χ0n) is 12.7. The van der Waals surface area contributed by atoms with Crippen LogP contribution in [-0.2, 0) is 0 Å². The Bertz CT molecular complexity index is 879. The first-order valence-electron chi connectivity index (χ1n) is 7.29. The molecule has 0 aliphatic carbocycles. The summed E-state index contributed by atoms with van der Waals surface area (Å²) in [5.74, 6) is 2.23. The first-order valence-corrected chi connectivity index (χ1v) is 7.29. The second kappa shape index (κ2) is 5.68. The van der Waals surface area contributed by atoms with Crippen molar-refractivity contribution in [1.82, 2.24) is 19.9 Å². The third-order valence-electron chi connectivity index (χ3n) is 3.82. The number of aryl methyl sites for hydroxylation is 1. The maximum atomic E-state index is 12.4. The molecule has 2 N–H and O–H groups in total. The summed E-state index contributed by atoms with van der Waals surface area (Å²) >= 11 is 0. The van der Waals surface area contributed by atoms with E-state index in [4.69, 9.17) is 6.42 Å². The Hall–Kier alpha value is -2.95. The summed E-state index contributed by atoms with van der Waals surface area (Å²) < 4.78 is 1.41. The Morgan fingerprint density at radius 3 is 2.96 bits per heavy atom. The van der Waals surface area contributed by atoms with Crippen molar-refractivity contribution in [3.8, 4) is 12.3 Å². The van der Waals surface area contributed by atoms with Gasteiger partial charge in [-0.1, -0.05) is 0 Å². The van der Waals surface area contributed by atoms with Gasteiger partial charge < -0.3 is 10.3 Å².